The summed E-state index contributed by atoms with van der Waals surface area (Å²) >= 11 is 0. The van der Waals surface area contributed by atoms with Gasteiger partial charge in [-0.05, 0) is 19.1 Å². The molecule has 3 amide bonds. The van der Waals surface area contributed by atoms with Gasteiger partial charge in [0.1, 0.15) is 17.9 Å². The summed E-state index contributed by atoms with van der Waals surface area (Å²) in [6.45, 7) is 2.60. The SMILES string of the molecule is C[C@@H](c1nc(-c2cccc(F)c2)no1)N1C(=O)[C@@H]2COCCN2C1=O. The molecule has 0 radical (unpaired) electrons. The first-order valence-electron chi connectivity index (χ1n) is 7.87. The molecule has 1 aromatic carbocycles. The lowest BCUT2D eigenvalue weighted by molar-refractivity contribution is -0.132. The van der Waals surface area contributed by atoms with E-state index in [9.17, 15) is 14.0 Å². The average Bonchev–Trinajstić information content (AvgIpc) is 3.20. The fourth-order valence-corrected chi connectivity index (χ4v) is 3.05. The number of hydrogen-bond acceptors (Lipinski definition) is 6. The number of carbonyl (C=O) groups is 2. The quantitative estimate of drug-likeness (QED) is 0.785. The Labute approximate surface area is 142 Å². The molecule has 0 bridgehead atoms. The largest absolute Gasteiger partial charge is 0.377 e. The van der Waals surface area contributed by atoms with E-state index in [4.69, 9.17) is 9.26 Å². The van der Waals surface area contributed by atoms with Crippen LogP contribution in [-0.2, 0) is 9.53 Å². The standard InChI is InChI=1S/C16H15FN4O4/c1-9(21-15(22)12-8-24-6-5-20(12)16(21)23)14-18-13(19-25-14)10-3-2-4-11(17)7-10/h2-4,7,9,12H,5-6,8H2,1H3/t9-,12-/m0/s1. The molecule has 0 N–H and O–H groups in total. The van der Waals surface area contributed by atoms with Crippen LogP contribution in [-0.4, -0.2) is 57.7 Å². The van der Waals surface area contributed by atoms with Crippen molar-refractivity contribution in [1.29, 1.82) is 0 Å². The number of aromatic nitrogens is 2. The third-order valence-electron chi connectivity index (χ3n) is 4.37. The van der Waals surface area contributed by atoms with Crippen molar-refractivity contribution in [1.82, 2.24) is 19.9 Å². The van der Waals surface area contributed by atoms with Crippen LogP contribution in [0.4, 0.5) is 9.18 Å². The monoisotopic (exact) mass is 346 g/mol. The molecule has 0 aliphatic carbocycles. The molecule has 0 unspecified atom stereocenters. The van der Waals surface area contributed by atoms with Gasteiger partial charge in [0, 0.05) is 12.1 Å². The first kappa shape index (κ1) is 15.7. The molecule has 2 fully saturated rings. The number of urea groups is 1. The maximum absolute atomic E-state index is 13.3. The summed E-state index contributed by atoms with van der Waals surface area (Å²) in [4.78, 5) is 31.9. The van der Waals surface area contributed by atoms with Gasteiger partial charge in [-0.1, -0.05) is 17.3 Å². The van der Waals surface area contributed by atoms with E-state index < -0.39 is 23.9 Å². The second kappa shape index (κ2) is 5.92. The van der Waals surface area contributed by atoms with Gasteiger partial charge in [0.2, 0.25) is 11.7 Å². The highest BCUT2D eigenvalue weighted by Crippen LogP contribution is 2.30. The number of ether oxygens (including phenoxy) is 1. The van der Waals surface area contributed by atoms with Crippen LogP contribution in [0.3, 0.4) is 0 Å². The van der Waals surface area contributed by atoms with Gasteiger partial charge in [-0.15, -0.1) is 0 Å². The zero-order valence-electron chi connectivity index (χ0n) is 13.4. The zero-order valence-corrected chi connectivity index (χ0v) is 13.4. The number of benzene rings is 1. The number of morpholine rings is 1. The maximum Gasteiger partial charge on any atom is 0.328 e. The number of rotatable bonds is 3. The molecule has 2 atom stereocenters. The Morgan fingerprint density at radius 2 is 2.20 bits per heavy atom. The molecular weight excluding hydrogens is 331 g/mol. The van der Waals surface area contributed by atoms with Crippen LogP contribution in [0.5, 0.6) is 0 Å². The Balaban J connectivity index is 1.60. The summed E-state index contributed by atoms with van der Waals surface area (Å²) in [5.41, 5.74) is 0.451. The van der Waals surface area contributed by atoms with E-state index in [2.05, 4.69) is 10.1 Å². The van der Waals surface area contributed by atoms with Crippen molar-refractivity contribution in [2.75, 3.05) is 19.8 Å². The predicted octanol–water partition coefficient (Wildman–Crippen LogP) is 1.60. The smallest absolute Gasteiger partial charge is 0.328 e. The third kappa shape index (κ3) is 2.56. The Hall–Kier alpha value is -2.81. The molecule has 2 aromatic rings. The van der Waals surface area contributed by atoms with Crippen molar-refractivity contribution in [2.45, 2.75) is 19.0 Å². The number of fused-ring (bicyclic) bond motifs is 1. The molecule has 0 saturated carbocycles. The molecule has 25 heavy (non-hydrogen) atoms. The maximum atomic E-state index is 13.3. The predicted molar refractivity (Wildman–Crippen MR) is 81.7 cm³/mol. The van der Waals surface area contributed by atoms with E-state index >= 15 is 0 Å². The summed E-state index contributed by atoms with van der Waals surface area (Å²) in [5.74, 6) is -0.454. The lowest BCUT2D eigenvalue weighted by atomic mass is 10.2. The Kier molecular flexibility index (Phi) is 3.72. The van der Waals surface area contributed by atoms with Gasteiger partial charge in [-0.2, -0.15) is 4.98 Å². The van der Waals surface area contributed by atoms with Gasteiger partial charge in [-0.3, -0.25) is 4.79 Å². The minimum atomic E-state index is -0.722. The molecule has 3 heterocycles. The summed E-state index contributed by atoms with van der Waals surface area (Å²) in [7, 11) is 0. The first-order valence-corrected chi connectivity index (χ1v) is 7.87. The Morgan fingerprint density at radius 1 is 1.36 bits per heavy atom. The van der Waals surface area contributed by atoms with Crippen molar-refractivity contribution in [2.24, 2.45) is 0 Å². The molecule has 2 aliphatic rings. The highest BCUT2D eigenvalue weighted by molar-refractivity contribution is 6.04. The molecular formula is C16H15FN4O4. The van der Waals surface area contributed by atoms with Crippen LogP contribution < -0.4 is 0 Å². The van der Waals surface area contributed by atoms with Gasteiger partial charge in [0.05, 0.1) is 13.2 Å². The van der Waals surface area contributed by atoms with Crippen molar-refractivity contribution < 1.29 is 23.2 Å². The van der Waals surface area contributed by atoms with Gasteiger partial charge in [-0.25, -0.2) is 14.1 Å². The van der Waals surface area contributed by atoms with Crippen LogP contribution in [0.15, 0.2) is 28.8 Å². The number of hydrogen-bond donors (Lipinski definition) is 0. The highest BCUT2D eigenvalue weighted by atomic mass is 19.1. The van der Waals surface area contributed by atoms with Crippen LogP contribution in [0.2, 0.25) is 0 Å². The lowest BCUT2D eigenvalue weighted by Crippen LogP contribution is -2.45. The molecule has 2 aliphatic heterocycles. The molecule has 130 valence electrons. The van der Waals surface area contributed by atoms with E-state index in [0.717, 1.165) is 4.90 Å². The summed E-state index contributed by atoms with van der Waals surface area (Å²) in [5, 5.41) is 3.82. The average molecular weight is 346 g/mol. The van der Waals surface area contributed by atoms with Crippen LogP contribution >= 0.6 is 0 Å². The number of nitrogens with zero attached hydrogens (tertiary/aromatic N) is 4. The first-order chi connectivity index (χ1) is 12.1. The second-order valence-electron chi connectivity index (χ2n) is 5.92. The van der Waals surface area contributed by atoms with Crippen LogP contribution in [0.25, 0.3) is 11.4 Å². The van der Waals surface area contributed by atoms with Crippen molar-refractivity contribution >= 4 is 11.9 Å². The molecule has 0 spiro atoms. The third-order valence-corrected chi connectivity index (χ3v) is 4.37. The number of carbonyl (C=O) groups excluding carboxylic acids is 2. The highest BCUT2D eigenvalue weighted by Gasteiger charge is 2.49. The number of amides is 3. The van der Waals surface area contributed by atoms with E-state index in [-0.39, 0.29) is 24.2 Å². The minimum Gasteiger partial charge on any atom is -0.377 e. The van der Waals surface area contributed by atoms with Gasteiger partial charge in [0.15, 0.2) is 0 Å². The van der Waals surface area contributed by atoms with Crippen LogP contribution in [0, 0.1) is 5.82 Å². The Morgan fingerprint density at radius 3 is 2.96 bits per heavy atom. The molecule has 4 rings (SSSR count). The normalized spacial score (nSPS) is 21.6. The fraction of sp³-hybridized carbons (Fsp3) is 0.375. The van der Waals surface area contributed by atoms with Crippen molar-refractivity contribution in [3.63, 3.8) is 0 Å². The van der Waals surface area contributed by atoms with Gasteiger partial charge in [0.25, 0.3) is 5.91 Å². The van der Waals surface area contributed by atoms with E-state index in [1.807, 2.05) is 0 Å². The summed E-state index contributed by atoms with van der Waals surface area (Å²) < 4.78 is 23.8. The molecule has 8 nitrogen and oxygen atoms in total. The zero-order chi connectivity index (χ0) is 17.6. The number of imide groups is 1. The molecule has 9 heteroatoms. The molecule has 2 saturated heterocycles. The summed E-state index contributed by atoms with van der Waals surface area (Å²) in [6.07, 6.45) is 0. The fourth-order valence-electron chi connectivity index (χ4n) is 3.05. The Bertz CT molecular complexity index is 815. The topological polar surface area (TPSA) is 88.8 Å². The van der Waals surface area contributed by atoms with Crippen molar-refractivity contribution in [3.8, 4) is 11.4 Å². The summed E-state index contributed by atoms with van der Waals surface area (Å²) in [6, 6.07) is 4.06. The van der Waals surface area contributed by atoms with Gasteiger partial charge < -0.3 is 14.2 Å². The van der Waals surface area contributed by atoms with Crippen molar-refractivity contribution in [3.05, 3.63) is 36.0 Å². The van der Waals surface area contributed by atoms with E-state index in [1.54, 1.807) is 13.0 Å². The lowest BCUT2D eigenvalue weighted by Gasteiger charge is -2.26. The van der Waals surface area contributed by atoms with Gasteiger partial charge >= 0.3 is 6.03 Å². The van der Waals surface area contributed by atoms with Crippen LogP contribution in [0.1, 0.15) is 18.9 Å². The number of halogens is 1. The minimum absolute atomic E-state index is 0.113. The van der Waals surface area contributed by atoms with E-state index in [0.29, 0.717) is 18.7 Å². The second-order valence-corrected chi connectivity index (χ2v) is 5.92. The van der Waals surface area contributed by atoms with E-state index in [1.165, 1.54) is 23.1 Å². The molecule has 1 aromatic heterocycles.